The first-order chi connectivity index (χ1) is 12.9. The summed E-state index contributed by atoms with van der Waals surface area (Å²) in [5.74, 6) is -0.426. The lowest BCUT2D eigenvalue weighted by Gasteiger charge is -2.29. The van der Waals surface area contributed by atoms with Crippen LogP contribution in [-0.4, -0.2) is 53.6 Å². The van der Waals surface area contributed by atoms with Crippen molar-refractivity contribution < 1.29 is 29.2 Å². The Balaban J connectivity index is 2.06. The molecule has 1 aromatic carbocycles. The average Bonchev–Trinajstić information content (AvgIpc) is 2.67. The van der Waals surface area contributed by atoms with Gasteiger partial charge in [0, 0.05) is 31.5 Å². The van der Waals surface area contributed by atoms with Gasteiger partial charge in [0.2, 0.25) is 0 Å². The van der Waals surface area contributed by atoms with Crippen molar-refractivity contribution in [1.29, 1.82) is 0 Å². The van der Waals surface area contributed by atoms with Gasteiger partial charge >= 0.3 is 5.97 Å². The molecular weight excluding hydrogens is 352 g/mol. The number of hydrogen-bond acceptors (Lipinski definition) is 7. The Kier molecular flexibility index (Phi) is 7.12. The number of aromatic nitrogens is 1. The zero-order chi connectivity index (χ0) is 19.9. The predicted molar refractivity (Wildman–Crippen MR) is 97.7 cm³/mol. The summed E-state index contributed by atoms with van der Waals surface area (Å²) >= 11 is 0. The van der Waals surface area contributed by atoms with Crippen molar-refractivity contribution >= 4 is 5.97 Å². The van der Waals surface area contributed by atoms with Gasteiger partial charge in [0.25, 0.3) is 0 Å². The smallest absolute Gasteiger partial charge is 0.337 e. The van der Waals surface area contributed by atoms with Gasteiger partial charge in [0.05, 0.1) is 19.8 Å². The van der Waals surface area contributed by atoms with E-state index in [1.807, 2.05) is 12.1 Å². The second-order valence-corrected chi connectivity index (χ2v) is 6.09. The van der Waals surface area contributed by atoms with E-state index in [1.165, 1.54) is 13.3 Å². The first-order valence-corrected chi connectivity index (χ1v) is 8.30. The van der Waals surface area contributed by atoms with Gasteiger partial charge < -0.3 is 30.2 Å². The van der Waals surface area contributed by atoms with Crippen molar-refractivity contribution in [2.75, 3.05) is 20.8 Å². The molecule has 0 saturated heterocycles. The monoisotopic (exact) mass is 376 g/mol. The third-order valence-corrected chi connectivity index (χ3v) is 4.12. The van der Waals surface area contributed by atoms with Crippen molar-refractivity contribution in [3.05, 3.63) is 53.9 Å². The number of ether oxygens (including phenoxy) is 3. The number of benzene rings is 1. The first-order valence-electron chi connectivity index (χ1n) is 8.30. The Morgan fingerprint density at radius 2 is 1.93 bits per heavy atom. The van der Waals surface area contributed by atoms with Gasteiger partial charge in [-0.1, -0.05) is 12.1 Å². The molecule has 0 spiro atoms. The van der Waals surface area contributed by atoms with E-state index in [0.717, 1.165) is 5.56 Å². The van der Waals surface area contributed by atoms with Gasteiger partial charge in [-0.25, -0.2) is 4.79 Å². The molecule has 2 atom stereocenters. The van der Waals surface area contributed by atoms with Crippen LogP contribution >= 0.6 is 0 Å². The van der Waals surface area contributed by atoms with Gasteiger partial charge in [0.1, 0.15) is 18.1 Å². The molecule has 8 nitrogen and oxygen atoms in total. The highest BCUT2D eigenvalue weighted by Gasteiger charge is 2.43. The van der Waals surface area contributed by atoms with E-state index in [2.05, 4.69) is 4.98 Å². The molecule has 0 bridgehead atoms. The molecule has 0 aliphatic carbocycles. The highest BCUT2D eigenvalue weighted by atomic mass is 16.5. The number of carboxylic acids is 1. The number of methoxy groups -OCH3 is 2. The highest BCUT2D eigenvalue weighted by molar-refractivity contribution is 5.78. The van der Waals surface area contributed by atoms with Gasteiger partial charge in [-0.3, -0.25) is 4.98 Å². The van der Waals surface area contributed by atoms with Crippen LogP contribution in [-0.2, 0) is 22.6 Å². The Labute approximate surface area is 157 Å². The number of aliphatic carboxylic acids is 1. The van der Waals surface area contributed by atoms with Crippen LogP contribution in [0.5, 0.6) is 11.5 Å². The number of nitrogens with two attached hydrogens (primary N) is 1. The van der Waals surface area contributed by atoms with Crippen molar-refractivity contribution in [2.24, 2.45) is 5.73 Å². The van der Waals surface area contributed by atoms with Crippen LogP contribution in [0.25, 0.3) is 0 Å². The lowest BCUT2D eigenvalue weighted by atomic mass is 9.89. The Hall–Kier alpha value is -2.68. The molecule has 0 aliphatic heterocycles. The Morgan fingerprint density at radius 1 is 1.22 bits per heavy atom. The molecule has 27 heavy (non-hydrogen) atoms. The lowest BCUT2D eigenvalue weighted by molar-refractivity contribution is -0.161. The quantitative estimate of drug-likeness (QED) is 0.561. The fourth-order valence-corrected chi connectivity index (χ4v) is 2.49. The van der Waals surface area contributed by atoms with Crippen LogP contribution < -0.4 is 15.2 Å². The van der Waals surface area contributed by atoms with Gasteiger partial charge in [-0.15, -0.1) is 0 Å². The molecule has 0 aliphatic rings. The number of pyridine rings is 1. The molecule has 2 aromatic rings. The van der Waals surface area contributed by atoms with E-state index < -0.39 is 17.6 Å². The molecular formula is C19H24N2O6. The Morgan fingerprint density at radius 3 is 2.52 bits per heavy atom. The summed E-state index contributed by atoms with van der Waals surface area (Å²) in [5, 5.41) is 20.2. The molecule has 1 heterocycles. The second kappa shape index (κ2) is 9.31. The third kappa shape index (κ3) is 5.40. The van der Waals surface area contributed by atoms with Crippen LogP contribution in [0.1, 0.15) is 11.3 Å². The summed E-state index contributed by atoms with van der Waals surface area (Å²) in [6, 6.07) is 9.11. The molecule has 146 valence electrons. The summed E-state index contributed by atoms with van der Waals surface area (Å²) in [6.07, 6.45) is 1.19. The number of hydrogen-bond donors (Lipinski definition) is 3. The van der Waals surface area contributed by atoms with E-state index >= 15 is 0 Å². The minimum Gasteiger partial charge on any atom is -0.497 e. The van der Waals surface area contributed by atoms with Gasteiger partial charge in [0.15, 0.2) is 5.60 Å². The summed E-state index contributed by atoms with van der Waals surface area (Å²) in [7, 11) is 3.09. The predicted octanol–water partition coefficient (Wildman–Crippen LogP) is 1.00. The third-order valence-electron chi connectivity index (χ3n) is 4.12. The lowest BCUT2D eigenvalue weighted by Crippen LogP contribution is -2.58. The molecule has 0 amide bonds. The molecule has 2 rings (SSSR count). The molecule has 0 saturated carbocycles. The zero-order valence-electron chi connectivity index (χ0n) is 15.3. The van der Waals surface area contributed by atoms with Crippen LogP contribution in [0.2, 0.25) is 0 Å². The summed E-state index contributed by atoms with van der Waals surface area (Å²) in [6.45, 7) is 0.294. The van der Waals surface area contributed by atoms with Crippen molar-refractivity contribution in [1.82, 2.24) is 4.98 Å². The van der Waals surface area contributed by atoms with Crippen LogP contribution in [0.3, 0.4) is 0 Å². The standard InChI is InChI=1S/C19H24N2O6/c1-25-11-13-3-5-15(6-4-13)27-12-17(20)19(24,18(22)23)10-14-9-16(26-2)7-8-21-14/h3-9,17,24H,10-12,20H2,1-2H3,(H,22,23)/t17-,19+/m0/s1. The number of carboxylic acid groups (broad SMARTS) is 1. The Bertz CT molecular complexity index is 752. The van der Waals surface area contributed by atoms with Gasteiger partial charge in [-0.2, -0.15) is 0 Å². The molecule has 4 N–H and O–H groups in total. The van der Waals surface area contributed by atoms with E-state index in [9.17, 15) is 15.0 Å². The number of nitrogens with zero attached hydrogens (tertiary/aromatic N) is 1. The van der Waals surface area contributed by atoms with Crippen molar-refractivity contribution in [2.45, 2.75) is 24.7 Å². The number of aliphatic hydroxyl groups is 1. The summed E-state index contributed by atoms with van der Waals surface area (Å²) in [5.41, 5.74) is 5.04. The van der Waals surface area contributed by atoms with Crippen LogP contribution in [0.4, 0.5) is 0 Å². The van der Waals surface area contributed by atoms with E-state index in [1.54, 1.807) is 31.4 Å². The maximum atomic E-state index is 11.7. The number of carbonyl (C=O) groups is 1. The maximum absolute atomic E-state index is 11.7. The molecule has 0 fully saturated rings. The second-order valence-electron chi connectivity index (χ2n) is 6.09. The fraction of sp³-hybridized carbons (Fsp3) is 0.368. The highest BCUT2D eigenvalue weighted by Crippen LogP contribution is 2.21. The average molecular weight is 376 g/mol. The minimum atomic E-state index is -2.24. The largest absolute Gasteiger partial charge is 0.497 e. The molecule has 0 radical (unpaired) electrons. The SMILES string of the molecule is COCc1ccc(OC[C@H](N)[C@](O)(Cc2cc(OC)ccn2)C(=O)O)cc1. The summed E-state index contributed by atoms with van der Waals surface area (Å²) in [4.78, 5) is 15.8. The fourth-order valence-electron chi connectivity index (χ4n) is 2.49. The van der Waals surface area contributed by atoms with Crippen LogP contribution in [0.15, 0.2) is 42.6 Å². The van der Waals surface area contributed by atoms with E-state index in [-0.39, 0.29) is 13.0 Å². The van der Waals surface area contributed by atoms with Gasteiger partial charge in [-0.05, 0) is 23.8 Å². The van der Waals surface area contributed by atoms with Crippen molar-refractivity contribution in [3.8, 4) is 11.5 Å². The molecule has 1 aromatic heterocycles. The molecule has 0 unspecified atom stereocenters. The van der Waals surface area contributed by atoms with Crippen LogP contribution in [0, 0.1) is 0 Å². The summed E-state index contributed by atoms with van der Waals surface area (Å²) < 4.78 is 15.7. The first kappa shape index (κ1) is 20.6. The van der Waals surface area contributed by atoms with E-state index in [4.69, 9.17) is 19.9 Å². The number of rotatable bonds is 10. The normalized spacial score (nSPS) is 14.2. The zero-order valence-corrected chi connectivity index (χ0v) is 15.3. The topological polar surface area (TPSA) is 124 Å². The van der Waals surface area contributed by atoms with E-state index in [0.29, 0.717) is 23.8 Å². The van der Waals surface area contributed by atoms with Crippen molar-refractivity contribution in [3.63, 3.8) is 0 Å². The minimum absolute atomic E-state index is 0.184. The molecule has 8 heteroatoms. The maximum Gasteiger partial charge on any atom is 0.337 e.